The van der Waals surface area contributed by atoms with E-state index in [1.54, 1.807) is 4.68 Å². The SMILES string of the molecule is CC(C)(C)C(NCC(O)CC(=O)O)c1nnnn1CCCC(=O)N1CCc2ccccc2C1. The number of aromatic nitrogens is 4. The van der Waals surface area contributed by atoms with E-state index >= 15 is 0 Å². The highest BCUT2D eigenvalue weighted by Gasteiger charge is 2.31. The van der Waals surface area contributed by atoms with Crippen LogP contribution in [0, 0.1) is 5.41 Å². The summed E-state index contributed by atoms with van der Waals surface area (Å²) in [6.07, 6.45) is 0.549. The van der Waals surface area contributed by atoms with Crippen LogP contribution in [0.3, 0.4) is 0 Å². The molecule has 0 bridgehead atoms. The summed E-state index contributed by atoms with van der Waals surface area (Å²) < 4.78 is 1.69. The van der Waals surface area contributed by atoms with Crippen molar-refractivity contribution >= 4 is 11.9 Å². The van der Waals surface area contributed by atoms with Crippen LogP contribution in [0.1, 0.15) is 63.0 Å². The van der Waals surface area contributed by atoms with Crippen molar-refractivity contribution in [1.29, 1.82) is 0 Å². The van der Waals surface area contributed by atoms with Gasteiger partial charge in [-0.25, -0.2) is 4.68 Å². The van der Waals surface area contributed by atoms with Crippen molar-refractivity contribution in [1.82, 2.24) is 30.4 Å². The number of carbonyl (C=O) groups excluding carboxylic acids is 1. The zero-order chi connectivity index (χ0) is 24.0. The second kappa shape index (κ2) is 10.8. The Bertz CT molecular complexity index is 954. The Labute approximate surface area is 194 Å². The molecule has 1 aliphatic heterocycles. The number of carboxylic acid groups (broad SMARTS) is 1. The number of aliphatic carboxylic acids is 1. The van der Waals surface area contributed by atoms with E-state index < -0.39 is 12.1 Å². The number of rotatable bonds is 10. The topological polar surface area (TPSA) is 133 Å². The highest BCUT2D eigenvalue weighted by Crippen LogP contribution is 2.31. The predicted molar refractivity (Wildman–Crippen MR) is 121 cm³/mol. The molecule has 3 N–H and O–H groups in total. The summed E-state index contributed by atoms with van der Waals surface area (Å²) in [5.74, 6) is -0.325. The first-order valence-electron chi connectivity index (χ1n) is 11.4. The summed E-state index contributed by atoms with van der Waals surface area (Å²) in [7, 11) is 0. The van der Waals surface area contributed by atoms with Gasteiger partial charge in [-0.1, -0.05) is 45.0 Å². The van der Waals surface area contributed by atoms with Gasteiger partial charge < -0.3 is 20.4 Å². The van der Waals surface area contributed by atoms with Crippen molar-refractivity contribution in [3.05, 3.63) is 41.2 Å². The van der Waals surface area contributed by atoms with E-state index in [4.69, 9.17) is 5.11 Å². The number of carboxylic acids is 1. The summed E-state index contributed by atoms with van der Waals surface area (Å²) in [6, 6.07) is 7.94. The van der Waals surface area contributed by atoms with Crippen molar-refractivity contribution in [2.24, 2.45) is 5.41 Å². The van der Waals surface area contributed by atoms with Gasteiger partial charge in [0.1, 0.15) is 0 Å². The Hall–Kier alpha value is -2.85. The van der Waals surface area contributed by atoms with Gasteiger partial charge in [0.05, 0.1) is 18.6 Å². The van der Waals surface area contributed by atoms with Gasteiger partial charge in [-0.3, -0.25) is 9.59 Å². The van der Waals surface area contributed by atoms with Crippen molar-refractivity contribution in [3.8, 4) is 0 Å². The van der Waals surface area contributed by atoms with Gasteiger partial charge >= 0.3 is 5.97 Å². The van der Waals surface area contributed by atoms with E-state index in [0.29, 0.717) is 31.8 Å². The molecule has 0 radical (unpaired) electrons. The van der Waals surface area contributed by atoms with Crippen molar-refractivity contribution in [2.75, 3.05) is 13.1 Å². The number of hydrogen-bond donors (Lipinski definition) is 3. The fourth-order valence-electron chi connectivity index (χ4n) is 4.14. The fraction of sp³-hybridized carbons (Fsp3) is 0.609. The Kier molecular flexibility index (Phi) is 8.15. The highest BCUT2D eigenvalue weighted by atomic mass is 16.4. The largest absolute Gasteiger partial charge is 0.481 e. The first-order chi connectivity index (χ1) is 15.6. The summed E-state index contributed by atoms with van der Waals surface area (Å²) >= 11 is 0. The second-order valence-electron chi connectivity index (χ2n) is 9.66. The maximum absolute atomic E-state index is 12.8. The molecule has 1 aliphatic rings. The number of carbonyl (C=O) groups is 2. The van der Waals surface area contributed by atoms with Crippen molar-refractivity contribution in [2.45, 2.75) is 71.7 Å². The predicted octanol–water partition coefficient (Wildman–Crippen LogP) is 1.55. The quantitative estimate of drug-likeness (QED) is 0.488. The lowest BCUT2D eigenvalue weighted by atomic mass is 9.86. The highest BCUT2D eigenvalue weighted by molar-refractivity contribution is 5.76. The Morgan fingerprint density at radius 2 is 1.94 bits per heavy atom. The third kappa shape index (κ3) is 6.82. The number of aliphatic hydroxyl groups excluding tert-OH is 1. The molecule has 3 rings (SSSR count). The number of hydrogen-bond acceptors (Lipinski definition) is 7. The van der Waals surface area contributed by atoms with Crippen LogP contribution >= 0.6 is 0 Å². The van der Waals surface area contributed by atoms with E-state index in [1.165, 1.54) is 11.1 Å². The molecule has 1 amide bonds. The smallest absolute Gasteiger partial charge is 0.306 e. The second-order valence-corrected chi connectivity index (χ2v) is 9.66. The minimum absolute atomic E-state index is 0.107. The van der Waals surface area contributed by atoms with Gasteiger partial charge in [0, 0.05) is 32.6 Å². The molecule has 10 nitrogen and oxygen atoms in total. The van der Waals surface area contributed by atoms with Crippen LogP contribution in [0.25, 0.3) is 0 Å². The van der Waals surface area contributed by atoms with Crippen LogP contribution in [0.5, 0.6) is 0 Å². The van der Waals surface area contributed by atoms with Crippen molar-refractivity contribution < 1.29 is 19.8 Å². The number of tetrazole rings is 1. The molecule has 2 heterocycles. The molecule has 33 heavy (non-hydrogen) atoms. The third-order valence-electron chi connectivity index (χ3n) is 5.90. The molecule has 1 aromatic carbocycles. The van der Waals surface area contributed by atoms with Gasteiger partial charge in [-0.15, -0.1) is 5.10 Å². The van der Waals surface area contributed by atoms with Gasteiger partial charge in [0.2, 0.25) is 5.91 Å². The van der Waals surface area contributed by atoms with E-state index in [0.717, 1.165) is 13.0 Å². The molecule has 10 heteroatoms. The molecular formula is C23H34N6O4. The maximum Gasteiger partial charge on any atom is 0.306 e. The Morgan fingerprint density at radius 1 is 1.21 bits per heavy atom. The molecule has 0 saturated carbocycles. The lowest BCUT2D eigenvalue weighted by molar-refractivity contribution is -0.139. The summed E-state index contributed by atoms with van der Waals surface area (Å²) in [5, 5.41) is 34.1. The molecule has 0 saturated heterocycles. The van der Waals surface area contributed by atoms with Gasteiger partial charge in [-0.2, -0.15) is 0 Å². The molecule has 2 unspecified atom stereocenters. The number of aryl methyl sites for hydroxylation is 1. The number of nitrogens with zero attached hydrogens (tertiary/aromatic N) is 5. The lowest BCUT2D eigenvalue weighted by Crippen LogP contribution is -2.39. The average molecular weight is 459 g/mol. The Balaban J connectivity index is 1.56. The molecule has 2 aromatic rings. The number of aliphatic hydroxyl groups is 1. The molecule has 2 atom stereocenters. The third-order valence-corrected chi connectivity index (χ3v) is 5.90. The first kappa shape index (κ1) is 24.8. The van der Waals surface area contributed by atoms with E-state index in [9.17, 15) is 14.7 Å². The van der Waals surface area contributed by atoms with Crippen LogP contribution in [-0.4, -0.2) is 66.4 Å². The molecular weight excluding hydrogens is 424 g/mol. The number of benzene rings is 1. The summed E-state index contributed by atoms with van der Waals surface area (Å²) in [4.78, 5) is 25.5. The number of nitrogens with one attached hydrogen (secondary N) is 1. The van der Waals surface area contributed by atoms with E-state index in [2.05, 4.69) is 33.0 Å². The van der Waals surface area contributed by atoms with E-state index in [1.807, 2.05) is 37.8 Å². The van der Waals surface area contributed by atoms with Crippen molar-refractivity contribution in [3.63, 3.8) is 0 Å². The number of fused-ring (bicyclic) bond motifs is 1. The zero-order valence-electron chi connectivity index (χ0n) is 19.6. The Morgan fingerprint density at radius 3 is 2.64 bits per heavy atom. The average Bonchev–Trinajstić information content (AvgIpc) is 3.20. The molecule has 0 spiro atoms. The minimum Gasteiger partial charge on any atom is -0.481 e. The summed E-state index contributed by atoms with van der Waals surface area (Å²) in [5.41, 5.74) is 2.24. The fourth-order valence-corrected chi connectivity index (χ4v) is 4.14. The maximum atomic E-state index is 12.8. The normalized spacial score (nSPS) is 15.7. The van der Waals surface area contributed by atoms with Gasteiger partial charge in [-0.05, 0) is 39.8 Å². The first-order valence-corrected chi connectivity index (χ1v) is 11.4. The number of amides is 1. The standard InChI is InChI=1S/C23H34N6O4/c1-23(2,3)21(24-14-18(30)13-20(32)33)22-25-26-27-29(22)11-6-9-19(31)28-12-10-16-7-4-5-8-17(16)15-28/h4-5,7-8,18,21,24,30H,6,9-15H2,1-3H3,(H,32,33). The van der Waals surface area contributed by atoms with Gasteiger partial charge in [0.25, 0.3) is 0 Å². The molecule has 0 aliphatic carbocycles. The van der Waals surface area contributed by atoms with Crippen LogP contribution in [0.2, 0.25) is 0 Å². The lowest BCUT2D eigenvalue weighted by Gasteiger charge is -2.31. The monoisotopic (exact) mass is 458 g/mol. The van der Waals surface area contributed by atoms with Crippen LogP contribution in [0.4, 0.5) is 0 Å². The zero-order valence-corrected chi connectivity index (χ0v) is 19.6. The van der Waals surface area contributed by atoms with Gasteiger partial charge in [0.15, 0.2) is 5.82 Å². The molecule has 180 valence electrons. The van der Waals surface area contributed by atoms with Crippen LogP contribution in [0.15, 0.2) is 24.3 Å². The molecule has 0 fully saturated rings. The van der Waals surface area contributed by atoms with E-state index in [-0.39, 0.29) is 30.3 Å². The summed E-state index contributed by atoms with van der Waals surface area (Å²) in [6.45, 7) is 8.04. The van der Waals surface area contributed by atoms with Crippen LogP contribution in [-0.2, 0) is 29.1 Å². The van der Waals surface area contributed by atoms with Crippen LogP contribution < -0.4 is 5.32 Å². The molecule has 1 aromatic heterocycles. The minimum atomic E-state index is -1.05.